The molecule has 0 saturated heterocycles. The number of allylic oxidation sites excluding steroid dienone is 1. The molecule has 1 aliphatic carbocycles. The molecule has 3 rings (SSSR count). The van der Waals surface area contributed by atoms with Gasteiger partial charge in [-0.3, -0.25) is 4.79 Å². The molecule has 0 bridgehead atoms. The number of aliphatic hydroxyl groups excluding tert-OH is 1. The van der Waals surface area contributed by atoms with Crippen molar-refractivity contribution in [2.75, 3.05) is 7.05 Å². The van der Waals surface area contributed by atoms with E-state index in [1.54, 1.807) is 7.05 Å². The van der Waals surface area contributed by atoms with Gasteiger partial charge in [-0.1, -0.05) is 24.3 Å². The highest BCUT2D eigenvalue weighted by atomic mass is 16.7. The average Bonchev–Trinajstić information content (AvgIpc) is 3.44. The summed E-state index contributed by atoms with van der Waals surface area (Å²) in [6, 6.07) is 7.62. The van der Waals surface area contributed by atoms with Crippen LogP contribution in [0.25, 0.3) is 0 Å². The third kappa shape index (κ3) is 4.12. The molecule has 1 saturated carbocycles. The molecule has 2 N–H and O–H groups in total. The quantitative estimate of drug-likeness (QED) is 0.843. The summed E-state index contributed by atoms with van der Waals surface area (Å²) in [5.74, 6) is 1.19. The largest absolute Gasteiger partial charge is 0.459 e. The minimum atomic E-state index is -0.393. The van der Waals surface area contributed by atoms with Gasteiger partial charge in [0.1, 0.15) is 0 Å². The lowest BCUT2D eigenvalue weighted by molar-refractivity contribution is -0.153. The van der Waals surface area contributed by atoms with Gasteiger partial charge in [0.2, 0.25) is 6.29 Å². The molecule has 0 radical (unpaired) electrons. The first-order valence-corrected chi connectivity index (χ1v) is 8.10. The van der Waals surface area contributed by atoms with E-state index in [1.165, 1.54) is 12.8 Å². The van der Waals surface area contributed by atoms with Crippen molar-refractivity contribution in [1.82, 2.24) is 5.32 Å². The van der Waals surface area contributed by atoms with Crippen LogP contribution in [0.5, 0.6) is 0 Å². The Kier molecular flexibility index (Phi) is 4.98. The molecule has 5 nitrogen and oxygen atoms in total. The molecule has 1 amide bonds. The zero-order valence-corrected chi connectivity index (χ0v) is 13.3. The van der Waals surface area contributed by atoms with Gasteiger partial charge in [-0.05, 0) is 41.9 Å². The Morgan fingerprint density at radius 1 is 1.30 bits per heavy atom. The van der Waals surface area contributed by atoms with Crippen LogP contribution in [-0.4, -0.2) is 24.4 Å². The number of aliphatic hydroxyl groups is 1. The number of carbonyl (C=O) groups excluding carboxylic acids is 1. The number of nitrogens with one attached hydrogen (secondary N) is 1. The van der Waals surface area contributed by atoms with Gasteiger partial charge in [0.25, 0.3) is 5.91 Å². The second-order valence-corrected chi connectivity index (χ2v) is 6.18. The highest BCUT2D eigenvalue weighted by molar-refractivity contribution is 5.91. The van der Waals surface area contributed by atoms with E-state index in [0.717, 1.165) is 17.5 Å². The lowest BCUT2D eigenvalue weighted by Crippen LogP contribution is -2.32. The van der Waals surface area contributed by atoms with Crippen LogP contribution in [-0.2, 0) is 27.5 Å². The van der Waals surface area contributed by atoms with Gasteiger partial charge < -0.3 is 19.9 Å². The van der Waals surface area contributed by atoms with Crippen molar-refractivity contribution in [3.8, 4) is 0 Å². The number of amides is 1. The van der Waals surface area contributed by atoms with Crippen LogP contribution in [0, 0.1) is 11.8 Å². The highest BCUT2D eigenvalue weighted by Gasteiger charge is 2.36. The maximum Gasteiger partial charge on any atom is 0.285 e. The summed E-state index contributed by atoms with van der Waals surface area (Å²) < 4.78 is 11.6. The van der Waals surface area contributed by atoms with E-state index in [9.17, 15) is 4.79 Å². The number of benzene rings is 1. The van der Waals surface area contributed by atoms with Crippen molar-refractivity contribution in [3.63, 3.8) is 0 Å². The standard InChI is InChI=1S/C18H23NO4/c1-19-18(21)16-8-15(14-6-7-14)9-17(23-16)22-11-13-4-2-12(10-20)3-5-13/h2-5,8,14-15,17,20H,6-7,9-11H2,1H3,(H,19,21)/t15-,17+/m1/s1. The van der Waals surface area contributed by atoms with E-state index in [-0.39, 0.29) is 12.5 Å². The van der Waals surface area contributed by atoms with Gasteiger partial charge >= 0.3 is 0 Å². The molecule has 124 valence electrons. The predicted molar refractivity (Wildman–Crippen MR) is 85.0 cm³/mol. The Hall–Kier alpha value is -1.85. The summed E-state index contributed by atoms with van der Waals surface area (Å²) in [5.41, 5.74) is 1.89. The van der Waals surface area contributed by atoms with Crippen molar-refractivity contribution in [2.24, 2.45) is 11.8 Å². The molecule has 0 spiro atoms. The Balaban J connectivity index is 1.60. The zero-order valence-electron chi connectivity index (χ0n) is 13.3. The molecule has 1 fully saturated rings. The van der Waals surface area contributed by atoms with Crippen molar-refractivity contribution in [3.05, 3.63) is 47.2 Å². The van der Waals surface area contributed by atoms with E-state index < -0.39 is 6.29 Å². The molecular weight excluding hydrogens is 294 g/mol. The van der Waals surface area contributed by atoms with E-state index in [4.69, 9.17) is 14.6 Å². The molecule has 1 aromatic rings. The maximum atomic E-state index is 11.9. The lowest BCUT2D eigenvalue weighted by Gasteiger charge is -2.29. The normalized spacial score (nSPS) is 23.8. The van der Waals surface area contributed by atoms with Gasteiger partial charge in [0, 0.05) is 13.5 Å². The van der Waals surface area contributed by atoms with Crippen molar-refractivity contribution in [2.45, 2.75) is 38.8 Å². The third-order valence-corrected chi connectivity index (χ3v) is 4.41. The number of carbonyl (C=O) groups is 1. The summed E-state index contributed by atoms with van der Waals surface area (Å²) in [6.07, 6.45) is 4.79. The Morgan fingerprint density at radius 3 is 2.61 bits per heavy atom. The molecule has 2 atom stereocenters. The SMILES string of the molecule is CNC(=O)C1=C[C@@H](C2CC2)C[C@@H](OCc2ccc(CO)cc2)O1. The molecule has 0 aromatic heterocycles. The average molecular weight is 317 g/mol. The van der Waals surface area contributed by atoms with Crippen LogP contribution in [0.3, 0.4) is 0 Å². The van der Waals surface area contributed by atoms with E-state index >= 15 is 0 Å². The van der Waals surface area contributed by atoms with Crippen LogP contribution in [0.2, 0.25) is 0 Å². The molecule has 0 unspecified atom stereocenters. The summed E-state index contributed by atoms with van der Waals surface area (Å²) in [4.78, 5) is 11.9. The molecule has 2 aliphatic rings. The summed E-state index contributed by atoms with van der Waals surface area (Å²) in [5, 5.41) is 11.7. The first-order valence-electron chi connectivity index (χ1n) is 8.10. The fourth-order valence-corrected chi connectivity index (χ4v) is 2.85. The van der Waals surface area contributed by atoms with Crippen LogP contribution in [0.4, 0.5) is 0 Å². The molecule has 1 aliphatic heterocycles. The number of hydrogen-bond donors (Lipinski definition) is 2. The molecule has 23 heavy (non-hydrogen) atoms. The zero-order chi connectivity index (χ0) is 16.2. The second kappa shape index (κ2) is 7.15. The van der Waals surface area contributed by atoms with Crippen molar-refractivity contribution >= 4 is 5.91 Å². The van der Waals surface area contributed by atoms with Gasteiger partial charge in [0.15, 0.2) is 5.76 Å². The van der Waals surface area contributed by atoms with Gasteiger partial charge in [-0.25, -0.2) is 0 Å². The Bertz CT molecular complexity index is 577. The van der Waals surface area contributed by atoms with E-state index in [0.29, 0.717) is 24.2 Å². The summed E-state index contributed by atoms with van der Waals surface area (Å²) in [6.45, 7) is 0.463. The fourth-order valence-electron chi connectivity index (χ4n) is 2.85. The highest BCUT2D eigenvalue weighted by Crippen LogP contribution is 2.42. The minimum Gasteiger partial charge on any atom is -0.459 e. The smallest absolute Gasteiger partial charge is 0.285 e. The monoisotopic (exact) mass is 317 g/mol. The van der Waals surface area contributed by atoms with Crippen LogP contribution >= 0.6 is 0 Å². The Labute approximate surface area is 136 Å². The third-order valence-electron chi connectivity index (χ3n) is 4.41. The number of rotatable bonds is 6. The van der Waals surface area contributed by atoms with Gasteiger partial charge in [-0.15, -0.1) is 0 Å². The van der Waals surface area contributed by atoms with Gasteiger partial charge in [-0.2, -0.15) is 0 Å². The van der Waals surface area contributed by atoms with Gasteiger partial charge in [0.05, 0.1) is 13.2 Å². The Morgan fingerprint density at radius 2 is 2.00 bits per heavy atom. The number of hydrogen-bond acceptors (Lipinski definition) is 4. The predicted octanol–water partition coefficient (Wildman–Crippen LogP) is 2.10. The first-order chi connectivity index (χ1) is 11.2. The first kappa shape index (κ1) is 16.0. The molecular formula is C18H23NO4. The van der Waals surface area contributed by atoms with E-state index in [1.807, 2.05) is 30.3 Å². The second-order valence-electron chi connectivity index (χ2n) is 6.18. The van der Waals surface area contributed by atoms with Crippen molar-refractivity contribution in [1.29, 1.82) is 0 Å². The summed E-state index contributed by atoms with van der Waals surface area (Å²) >= 11 is 0. The van der Waals surface area contributed by atoms with Crippen LogP contribution < -0.4 is 5.32 Å². The van der Waals surface area contributed by atoms with E-state index in [2.05, 4.69) is 5.32 Å². The van der Waals surface area contributed by atoms with Crippen LogP contribution in [0.1, 0.15) is 30.4 Å². The van der Waals surface area contributed by atoms with Crippen LogP contribution in [0.15, 0.2) is 36.1 Å². The minimum absolute atomic E-state index is 0.0379. The van der Waals surface area contributed by atoms with Crippen molar-refractivity contribution < 1.29 is 19.4 Å². The number of ether oxygens (including phenoxy) is 2. The topological polar surface area (TPSA) is 67.8 Å². The molecule has 1 heterocycles. The maximum absolute atomic E-state index is 11.9. The summed E-state index contributed by atoms with van der Waals surface area (Å²) in [7, 11) is 1.60. The molecule has 5 heteroatoms. The number of likely N-dealkylation sites (N-methyl/N-ethyl adjacent to an activating group) is 1. The molecule has 1 aromatic carbocycles. The lowest BCUT2D eigenvalue weighted by atomic mass is 9.96. The fraction of sp³-hybridized carbons (Fsp3) is 0.500.